The lowest BCUT2D eigenvalue weighted by Gasteiger charge is -2.28. The molecule has 1 saturated carbocycles. The molecule has 2 heterocycles. The Morgan fingerprint density at radius 3 is 2.40 bits per heavy atom. The summed E-state index contributed by atoms with van der Waals surface area (Å²) < 4.78 is 12.5. The van der Waals surface area contributed by atoms with Crippen molar-refractivity contribution in [2.75, 3.05) is 6.54 Å². The molecule has 0 spiro atoms. The van der Waals surface area contributed by atoms with Crippen LogP contribution in [0.4, 0.5) is 0 Å². The van der Waals surface area contributed by atoms with Crippen molar-refractivity contribution in [2.24, 2.45) is 5.73 Å². The van der Waals surface area contributed by atoms with Gasteiger partial charge in [0.1, 0.15) is 11.2 Å². The number of hydrogen-bond donors (Lipinski definition) is 1. The average molecular weight is 334 g/mol. The fraction of sp³-hybridized carbons (Fsp3) is 0.375. The summed E-state index contributed by atoms with van der Waals surface area (Å²) in [5, 5.41) is 2.20. The highest BCUT2D eigenvalue weighted by Gasteiger charge is 2.39. The molecule has 0 saturated heterocycles. The minimum Gasteiger partial charge on any atom is -0.464 e. The summed E-state index contributed by atoms with van der Waals surface area (Å²) in [6, 6.07) is 4.02. The van der Waals surface area contributed by atoms with Gasteiger partial charge in [0.05, 0.1) is 17.0 Å². The van der Waals surface area contributed by atoms with Gasteiger partial charge >= 0.3 is 0 Å². The Bertz CT molecular complexity index is 729. The molecule has 1 aliphatic carbocycles. The lowest BCUT2D eigenvalue weighted by molar-refractivity contribution is 0.451. The zero-order valence-corrected chi connectivity index (χ0v) is 12.7. The largest absolute Gasteiger partial charge is 0.464 e. The van der Waals surface area contributed by atoms with E-state index in [2.05, 4.69) is 15.9 Å². The molecular weight excluding hydrogens is 318 g/mol. The average Bonchev–Trinajstić information content (AvgIpc) is 3.20. The standard InChI is InChI=1S/C16H16BrNO2/c17-13-11-4-8-19-14(11)12(10-3-7-20-15(10)13)16(9-18)5-1-2-6-16/h3-4,7-8H,1-2,5-6,9,18H2. The Kier molecular flexibility index (Phi) is 2.72. The Morgan fingerprint density at radius 2 is 1.70 bits per heavy atom. The molecule has 2 N–H and O–H groups in total. The maximum Gasteiger partial charge on any atom is 0.149 e. The van der Waals surface area contributed by atoms with Crippen LogP contribution in [-0.2, 0) is 5.41 Å². The Labute approximate surface area is 125 Å². The Balaban J connectivity index is 2.17. The molecule has 1 aliphatic rings. The number of hydrogen-bond acceptors (Lipinski definition) is 3. The molecule has 0 bridgehead atoms. The zero-order valence-electron chi connectivity index (χ0n) is 11.1. The monoisotopic (exact) mass is 333 g/mol. The number of fused-ring (bicyclic) bond motifs is 2. The number of furan rings is 2. The van der Waals surface area contributed by atoms with E-state index in [4.69, 9.17) is 14.6 Å². The van der Waals surface area contributed by atoms with Gasteiger partial charge in [-0.25, -0.2) is 0 Å². The van der Waals surface area contributed by atoms with Gasteiger partial charge in [0.15, 0.2) is 0 Å². The number of nitrogens with two attached hydrogens (primary N) is 1. The second-order valence-corrected chi connectivity index (χ2v) is 6.50. The normalized spacial score (nSPS) is 18.3. The summed E-state index contributed by atoms with van der Waals surface area (Å²) in [6.45, 7) is 0.657. The highest BCUT2D eigenvalue weighted by Crippen LogP contribution is 2.48. The fourth-order valence-electron chi connectivity index (χ4n) is 3.73. The first-order chi connectivity index (χ1) is 9.77. The second-order valence-electron chi connectivity index (χ2n) is 5.71. The first-order valence-corrected chi connectivity index (χ1v) is 7.82. The molecular formula is C16H16BrNO2. The van der Waals surface area contributed by atoms with Crippen LogP contribution in [0.15, 0.2) is 38.0 Å². The van der Waals surface area contributed by atoms with Crippen molar-refractivity contribution < 1.29 is 8.83 Å². The molecule has 1 aromatic carbocycles. The Morgan fingerprint density at radius 1 is 1.05 bits per heavy atom. The van der Waals surface area contributed by atoms with Gasteiger partial charge in [0.25, 0.3) is 0 Å². The third kappa shape index (κ3) is 1.49. The maximum absolute atomic E-state index is 6.17. The van der Waals surface area contributed by atoms with Crippen molar-refractivity contribution >= 4 is 37.9 Å². The van der Waals surface area contributed by atoms with Gasteiger partial charge in [-0.15, -0.1) is 0 Å². The number of halogens is 1. The quantitative estimate of drug-likeness (QED) is 0.738. The van der Waals surface area contributed by atoms with E-state index in [-0.39, 0.29) is 5.41 Å². The van der Waals surface area contributed by atoms with Crippen LogP contribution >= 0.6 is 15.9 Å². The van der Waals surface area contributed by atoms with Gasteiger partial charge in [-0.2, -0.15) is 0 Å². The molecule has 4 rings (SSSR count). The maximum atomic E-state index is 6.17. The molecule has 0 unspecified atom stereocenters. The topological polar surface area (TPSA) is 52.3 Å². The predicted octanol–water partition coefficient (Wildman–Crippen LogP) is 4.71. The van der Waals surface area contributed by atoms with Gasteiger partial charge < -0.3 is 14.6 Å². The molecule has 3 aromatic rings. The van der Waals surface area contributed by atoms with E-state index < -0.39 is 0 Å². The third-order valence-electron chi connectivity index (χ3n) is 4.74. The van der Waals surface area contributed by atoms with E-state index in [9.17, 15) is 0 Å². The van der Waals surface area contributed by atoms with E-state index in [0.717, 1.165) is 39.3 Å². The summed E-state index contributed by atoms with van der Waals surface area (Å²) in [6.07, 6.45) is 8.21. The Hall–Kier alpha value is -1.26. The van der Waals surface area contributed by atoms with Gasteiger partial charge in [0.2, 0.25) is 0 Å². The molecule has 20 heavy (non-hydrogen) atoms. The van der Waals surface area contributed by atoms with E-state index in [0.29, 0.717) is 6.54 Å². The lowest BCUT2D eigenvalue weighted by Crippen LogP contribution is -2.32. The van der Waals surface area contributed by atoms with Crippen LogP contribution in [0.2, 0.25) is 0 Å². The highest BCUT2D eigenvalue weighted by atomic mass is 79.9. The first kappa shape index (κ1) is 12.5. The SMILES string of the molecule is NCC1(c2c3ccoc3c(Br)c3ccoc23)CCCC1. The van der Waals surface area contributed by atoms with Gasteiger partial charge in [-0.3, -0.25) is 0 Å². The molecule has 1 fully saturated rings. The van der Waals surface area contributed by atoms with Gasteiger partial charge in [0, 0.05) is 28.3 Å². The molecule has 0 radical (unpaired) electrons. The van der Waals surface area contributed by atoms with Crippen molar-refractivity contribution in [1.82, 2.24) is 0 Å². The second kappa shape index (κ2) is 4.37. The minimum atomic E-state index is 0.0267. The third-order valence-corrected chi connectivity index (χ3v) is 5.53. The molecule has 0 amide bonds. The van der Waals surface area contributed by atoms with Crippen LogP contribution in [0.25, 0.3) is 21.9 Å². The molecule has 0 aliphatic heterocycles. The number of benzene rings is 1. The summed E-state index contributed by atoms with van der Waals surface area (Å²) in [5.41, 5.74) is 9.29. The summed E-state index contributed by atoms with van der Waals surface area (Å²) >= 11 is 3.64. The zero-order chi connectivity index (χ0) is 13.7. The smallest absolute Gasteiger partial charge is 0.149 e. The summed E-state index contributed by atoms with van der Waals surface area (Å²) in [4.78, 5) is 0. The minimum absolute atomic E-state index is 0.0267. The van der Waals surface area contributed by atoms with Crippen molar-refractivity contribution in [2.45, 2.75) is 31.1 Å². The van der Waals surface area contributed by atoms with Crippen LogP contribution in [0.1, 0.15) is 31.2 Å². The summed E-state index contributed by atoms with van der Waals surface area (Å²) in [7, 11) is 0. The van der Waals surface area contributed by atoms with Gasteiger partial charge in [-0.1, -0.05) is 12.8 Å². The summed E-state index contributed by atoms with van der Waals surface area (Å²) in [5.74, 6) is 0. The van der Waals surface area contributed by atoms with E-state index >= 15 is 0 Å². The molecule has 104 valence electrons. The highest BCUT2D eigenvalue weighted by molar-refractivity contribution is 9.10. The molecule has 2 aromatic heterocycles. The van der Waals surface area contributed by atoms with Crippen LogP contribution in [0.5, 0.6) is 0 Å². The van der Waals surface area contributed by atoms with Crippen molar-refractivity contribution in [3.05, 3.63) is 34.7 Å². The van der Waals surface area contributed by atoms with Crippen LogP contribution in [0.3, 0.4) is 0 Å². The van der Waals surface area contributed by atoms with E-state index in [1.165, 1.54) is 18.4 Å². The lowest BCUT2D eigenvalue weighted by atomic mass is 9.77. The van der Waals surface area contributed by atoms with E-state index in [1.807, 2.05) is 12.1 Å². The van der Waals surface area contributed by atoms with Crippen LogP contribution < -0.4 is 5.73 Å². The molecule has 3 nitrogen and oxygen atoms in total. The van der Waals surface area contributed by atoms with Crippen molar-refractivity contribution in [3.63, 3.8) is 0 Å². The van der Waals surface area contributed by atoms with Crippen molar-refractivity contribution in [3.8, 4) is 0 Å². The fourth-order valence-corrected chi connectivity index (χ4v) is 4.35. The first-order valence-electron chi connectivity index (χ1n) is 7.03. The molecule has 4 heteroatoms. The predicted molar refractivity (Wildman–Crippen MR) is 82.9 cm³/mol. The van der Waals surface area contributed by atoms with Crippen LogP contribution in [0, 0.1) is 0 Å². The molecule has 0 atom stereocenters. The van der Waals surface area contributed by atoms with Gasteiger partial charge in [-0.05, 0) is 40.9 Å². The van der Waals surface area contributed by atoms with Crippen LogP contribution in [-0.4, -0.2) is 6.54 Å². The van der Waals surface area contributed by atoms with E-state index in [1.54, 1.807) is 12.5 Å². The van der Waals surface area contributed by atoms with Crippen molar-refractivity contribution in [1.29, 1.82) is 0 Å². The number of rotatable bonds is 2.